The van der Waals surface area contributed by atoms with Crippen molar-refractivity contribution < 1.29 is 14.3 Å². The molecule has 4 aromatic rings. The van der Waals surface area contributed by atoms with Crippen LogP contribution in [0.2, 0.25) is 0 Å². The quantitative estimate of drug-likeness (QED) is 0.457. The first kappa shape index (κ1) is 21.9. The minimum Gasteiger partial charge on any atom is -0.465 e. The molecule has 9 heteroatoms. The summed E-state index contributed by atoms with van der Waals surface area (Å²) in [5.74, 6) is -0.643. The summed E-state index contributed by atoms with van der Waals surface area (Å²) in [6.45, 7) is 3.96. The Balaban J connectivity index is 1.58. The lowest BCUT2D eigenvalue weighted by Gasteiger charge is -2.11. The third-order valence-electron chi connectivity index (χ3n) is 5.28. The van der Waals surface area contributed by atoms with Crippen LogP contribution in [0.4, 0.5) is 5.69 Å². The summed E-state index contributed by atoms with van der Waals surface area (Å²) in [5, 5.41) is 7.26. The Morgan fingerprint density at radius 3 is 2.52 bits per heavy atom. The summed E-state index contributed by atoms with van der Waals surface area (Å²) in [5.41, 5.74) is 2.53. The number of fused-ring (bicyclic) bond motifs is 1. The summed E-state index contributed by atoms with van der Waals surface area (Å²) >= 11 is 0. The number of carbonyl (C=O) groups excluding carboxylic acids is 2. The van der Waals surface area contributed by atoms with E-state index in [4.69, 9.17) is 4.74 Å². The summed E-state index contributed by atoms with van der Waals surface area (Å²) in [7, 11) is 1.26. The molecule has 168 valence electrons. The maximum Gasteiger partial charge on any atom is 0.339 e. The molecule has 0 saturated heterocycles. The zero-order valence-electron chi connectivity index (χ0n) is 18.5. The van der Waals surface area contributed by atoms with Crippen LogP contribution in [0.15, 0.2) is 65.8 Å². The van der Waals surface area contributed by atoms with Gasteiger partial charge in [-0.3, -0.25) is 14.2 Å². The number of hydrogen-bond acceptors (Lipinski definition) is 6. The van der Waals surface area contributed by atoms with E-state index in [2.05, 4.69) is 29.2 Å². The molecular formula is C24H23N5O4. The number of nitrogens with zero attached hydrogens (tertiary/aromatic N) is 4. The fourth-order valence-corrected chi connectivity index (χ4v) is 3.48. The maximum absolute atomic E-state index is 12.9. The van der Waals surface area contributed by atoms with Gasteiger partial charge in [-0.05, 0) is 35.7 Å². The predicted octanol–water partition coefficient (Wildman–Crippen LogP) is 3.13. The number of hydrogen-bond donors (Lipinski definition) is 1. The van der Waals surface area contributed by atoms with Gasteiger partial charge in [-0.25, -0.2) is 14.5 Å². The monoisotopic (exact) mass is 445 g/mol. The Bertz CT molecular complexity index is 1390. The van der Waals surface area contributed by atoms with E-state index in [1.54, 1.807) is 28.9 Å². The Hall–Kier alpha value is -4.27. The van der Waals surface area contributed by atoms with Crippen molar-refractivity contribution in [2.45, 2.75) is 26.3 Å². The highest BCUT2D eigenvalue weighted by atomic mass is 16.5. The van der Waals surface area contributed by atoms with Crippen molar-refractivity contribution in [3.8, 4) is 5.69 Å². The zero-order chi connectivity index (χ0) is 23.5. The number of nitrogens with one attached hydrogen (secondary N) is 1. The molecule has 2 aromatic heterocycles. The predicted molar refractivity (Wildman–Crippen MR) is 124 cm³/mol. The molecule has 0 radical (unpaired) electrons. The molecule has 0 atom stereocenters. The fourth-order valence-electron chi connectivity index (χ4n) is 3.48. The van der Waals surface area contributed by atoms with E-state index < -0.39 is 11.9 Å². The van der Waals surface area contributed by atoms with Gasteiger partial charge in [0, 0.05) is 0 Å². The molecule has 4 rings (SSSR count). The SMILES string of the molecule is COC(=O)c1ccccc1NC(=O)Cn1cnc2c(cnn2-c2ccc(C(C)C)cc2)c1=O. The van der Waals surface area contributed by atoms with Crippen LogP contribution in [-0.4, -0.2) is 38.3 Å². The molecule has 1 N–H and O–H groups in total. The lowest BCUT2D eigenvalue weighted by molar-refractivity contribution is -0.116. The smallest absolute Gasteiger partial charge is 0.339 e. The first-order valence-electron chi connectivity index (χ1n) is 10.4. The molecule has 0 unspecified atom stereocenters. The van der Waals surface area contributed by atoms with Crippen molar-refractivity contribution in [3.05, 3.63) is 82.5 Å². The molecule has 0 aliphatic rings. The van der Waals surface area contributed by atoms with Crippen LogP contribution in [0.1, 0.15) is 35.7 Å². The molecular weight excluding hydrogens is 422 g/mol. The second kappa shape index (κ2) is 9.07. The van der Waals surface area contributed by atoms with Crippen molar-refractivity contribution in [2.24, 2.45) is 0 Å². The van der Waals surface area contributed by atoms with Crippen molar-refractivity contribution in [1.82, 2.24) is 19.3 Å². The number of anilines is 1. The van der Waals surface area contributed by atoms with E-state index in [1.165, 1.54) is 29.8 Å². The van der Waals surface area contributed by atoms with Gasteiger partial charge in [0.15, 0.2) is 5.65 Å². The summed E-state index contributed by atoms with van der Waals surface area (Å²) in [6.07, 6.45) is 2.76. The molecule has 0 aliphatic heterocycles. The molecule has 0 saturated carbocycles. The van der Waals surface area contributed by atoms with Crippen molar-refractivity contribution in [3.63, 3.8) is 0 Å². The molecule has 0 bridgehead atoms. The summed E-state index contributed by atoms with van der Waals surface area (Å²) in [4.78, 5) is 41.8. The van der Waals surface area contributed by atoms with Crippen LogP contribution in [0, 0.1) is 0 Å². The van der Waals surface area contributed by atoms with Gasteiger partial charge >= 0.3 is 5.97 Å². The van der Waals surface area contributed by atoms with Gasteiger partial charge in [0.25, 0.3) is 5.56 Å². The van der Waals surface area contributed by atoms with Gasteiger partial charge in [-0.15, -0.1) is 0 Å². The molecule has 9 nitrogen and oxygen atoms in total. The van der Waals surface area contributed by atoms with Gasteiger partial charge in [0.2, 0.25) is 5.91 Å². The van der Waals surface area contributed by atoms with Gasteiger partial charge in [0.05, 0.1) is 30.2 Å². The third kappa shape index (κ3) is 4.38. The molecule has 33 heavy (non-hydrogen) atoms. The normalized spacial score (nSPS) is 11.0. The summed E-state index contributed by atoms with van der Waals surface area (Å²) < 4.78 is 7.53. The van der Waals surface area contributed by atoms with E-state index in [0.29, 0.717) is 22.6 Å². The minimum atomic E-state index is -0.569. The first-order valence-corrected chi connectivity index (χ1v) is 10.4. The lowest BCUT2D eigenvalue weighted by atomic mass is 10.0. The third-order valence-corrected chi connectivity index (χ3v) is 5.28. The number of benzene rings is 2. The van der Waals surface area contributed by atoms with E-state index in [9.17, 15) is 14.4 Å². The average Bonchev–Trinajstić information content (AvgIpc) is 3.25. The number of carbonyl (C=O) groups is 2. The maximum atomic E-state index is 12.9. The first-order chi connectivity index (χ1) is 15.9. The molecule has 0 spiro atoms. The van der Waals surface area contributed by atoms with E-state index in [-0.39, 0.29) is 17.7 Å². The zero-order valence-corrected chi connectivity index (χ0v) is 18.5. The highest BCUT2D eigenvalue weighted by Gasteiger charge is 2.16. The highest BCUT2D eigenvalue weighted by molar-refractivity contribution is 6.01. The number of amides is 1. The van der Waals surface area contributed by atoms with E-state index >= 15 is 0 Å². The van der Waals surface area contributed by atoms with Crippen LogP contribution in [0.25, 0.3) is 16.7 Å². The second-order valence-electron chi connectivity index (χ2n) is 7.80. The van der Waals surface area contributed by atoms with Crippen LogP contribution in [0.3, 0.4) is 0 Å². The standard InChI is InChI=1S/C24H23N5O4/c1-15(2)16-8-10-17(11-9-16)29-22-19(12-26-29)23(31)28(14-25-22)13-21(30)27-20-7-5-4-6-18(20)24(32)33-3/h4-12,14-15H,13H2,1-3H3,(H,27,30). The van der Waals surface area contributed by atoms with Gasteiger partial charge < -0.3 is 10.1 Å². The van der Waals surface area contributed by atoms with E-state index in [0.717, 1.165) is 5.69 Å². The molecule has 0 fully saturated rings. The molecule has 0 aliphatic carbocycles. The highest BCUT2D eigenvalue weighted by Crippen LogP contribution is 2.19. The topological polar surface area (TPSA) is 108 Å². The average molecular weight is 445 g/mol. The number of aromatic nitrogens is 4. The fraction of sp³-hybridized carbons (Fsp3) is 0.208. The Morgan fingerprint density at radius 1 is 1.09 bits per heavy atom. The second-order valence-corrected chi connectivity index (χ2v) is 7.80. The molecule has 2 heterocycles. The molecule has 1 amide bonds. The van der Waals surface area contributed by atoms with Crippen LogP contribution in [0.5, 0.6) is 0 Å². The number of rotatable bonds is 6. The summed E-state index contributed by atoms with van der Waals surface area (Å²) in [6, 6.07) is 14.4. The Kier molecular flexibility index (Phi) is 6.03. The van der Waals surface area contributed by atoms with Gasteiger partial charge in [-0.1, -0.05) is 38.1 Å². The van der Waals surface area contributed by atoms with Crippen molar-refractivity contribution in [1.29, 1.82) is 0 Å². The largest absolute Gasteiger partial charge is 0.465 e. The number of methoxy groups -OCH3 is 1. The lowest BCUT2D eigenvalue weighted by Crippen LogP contribution is -2.28. The Morgan fingerprint density at radius 2 is 1.82 bits per heavy atom. The number of esters is 1. The van der Waals surface area contributed by atoms with Crippen molar-refractivity contribution in [2.75, 3.05) is 12.4 Å². The molecule has 2 aromatic carbocycles. The van der Waals surface area contributed by atoms with Crippen LogP contribution in [-0.2, 0) is 16.1 Å². The van der Waals surface area contributed by atoms with Gasteiger partial charge in [-0.2, -0.15) is 5.10 Å². The van der Waals surface area contributed by atoms with Crippen LogP contribution < -0.4 is 10.9 Å². The Labute approximate surface area is 189 Å². The number of para-hydroxylation sites is 1. The van der Waals surface area contributed by atoms with Gasteiger partial charge in [0.1, 0.15) is 18.3 Å². The van der Waals surface area contributed by atoms with Crippen molar-refractivity contribution >= 4 is 28.6 Å². The van der Waals surface area contributed by atoms with Crippen LogP contribution >= 0.6 is 0 Å². The minimum absolute atomic E-state index is 0.221. The van der Waals surface area contributed by atoms with E-state index in [1.807, 2.05) is 24.3 Å². The number of ether oxygens (including phenoxy) is 1.